The van der Waals surface area contributed by atoms with Crippen molar-refractivity contribution in [1.29, 1.82) is 0 Å². The molecule has 1 unspecified atom stereocenters. The van der Waals surface area contributed by atoms with Gasteiger partial charge < -0.3 is 0 Å². The van der Waals surface area contributed by atoms with E-state index >= 15 is 0 Å². The van der Waals surface area contributed by atoms with Gasteiger partial charge in [-0.15, -0.1) is 11.3 Å². The average molecular weight is 336 g/mol. The summed E-state index contributed by atoms with van der Waals surface area (Å²) < 4.78 is 13.9. The summed E-state index contributed by atoms with van der Waals surface area (Å²) in [4.78, 5) is 0.862. The van der Waals surface area contributed by atoms with E-state index in [9.17, 15) is 4.39 Å². The summed E-state index contributed by atoms with van der Waals surface area (Å²) in [5.41, 5.74) is 3.38. The number of benzene rings is 1. The molecule has 2 rings (SSSR count). The molecule has 1 heterocycles. The molecule has 17 heavy (non-hydrogen) atoms. The van der Waals surface area contributed by atoms with Crippen molar-refractivity contribution in [3.05, 3.63) is 55.4 Å². The van der Waals surface area contributed by atoms with E-state index in [0.29, 0.717) is 9.50 Å². The largest absolute Gasteiger partial charge is 0.271 e. The molecule has 0 saturated carbocycles. The highest BCUT2D eigenvalue weighted by Crippen LogP contribution is 2.36. The third-order valence-corrected chi connectivity index (χ3v) is 4.63. The van der Waals surface area contributed by atoms with Gasteiger partial charge in [-0.1, -0.05) is 23.7 Å². The lowest BCUT2D eigenvalue weighted by molar-refractivity contribution is 0.600. The van der Waals surface area contributed by atoms with Gasteiger partial charge in [-0.2, -0.15) is 0 Å². The summed E-state index contributed by atoms with van der Waals surface area (Å²) in [5.74, 6) is 5.21. The van der Waals surface area contributed by atoms with Gasteiger partial charge in [-0.25, -0.2) is 9.82 Å². The number of nitrogens with two attached hydrogens (primary N) is 1. The number of hydrogen-bond acceptors (Lipinski definition) is 3. The molecule has 0 amide bonds. The molecule has 2 nitrogen and oxygen atoms in total. The van der Waals surface area contributed by atoms with Crippen molar-refractivity contribution in [2.24, 2.45) is 5.84 Å². The Morgan fingerprint density at radius 3 is 2.76 bits per heavy atom. The fourth-order valence-electron chi connectivity index (χ4n) is 1.56. The van der Waals surface area contributed by atoms with Crippen molar-refractivity contribution in [3.8, 4) is 0 Å². The first-order valence-corrected chi connectivity index (χ1v) is 6.83. The number of nitrogens with one attached hydrogen (secondary N) is 1. The summed E-state index contributed by atoms with van der Waals surface area (Å²) in [6.07, 6.45) is 0. The molecule has 90 valence electrons. The predicted octanol–water partition coefficient (Wildman–Crippen LogP) is 3.86. The van der Waals surface area contributed by atoms with E-state index in [0.717, 1.165) is 10.4 Å². The lowest BCUT2D eigenvalue weighted by atomic mass is 10.1. The van der Waals surface area contributed by atoms with E-state index in [1.807, 2.05) is 5.38 Å². The van der Waals surface area contributed by atoms with Crippen molar-refractivity contribution in [1.82, 2.24) is 5.43 Å². The Balaban J connectivity index is 2.50. The number of thiophene rings is 1. The Morgan fingerprint density at radius 1 is 1.41 bits per heavy atom. The van der Waals surface area contributed by atoms with E-state index in [4.69, 9.17) is 17.4 Å². The molecule has 2 aromatic rings. The highest BCUT2D eigenvalue weighted by molar-refractivity contribution is 9.10. The van der Waals surface area contributed by atoms with Gasteiger partial charge in [0.1, 0.15) is 5.82 Å². The quantitative estimate of drug-likeness (QED) is 0.660. The molecule has 0 aliphatic rings. The third kappa shape index (κ3) is 2.53. The second kappa shape index (κ2) is 5.46. The highest BCUT2D eigenvalue weighted by atomic mass is 79.9. The summed E-state index contributed by atoms with van der Waals surface area (Å²) in [7, 11) is 0. The van der Waals surface area contributed by atoms with Crippen LogP contribution in [0.15, 0.2) is 34.1 Å². The molecule has 1 aromatic heterocycles. The first kappa shape index (κ1) is 13.0. The lowest BCUT2D eigenvalue weighted by Gasteiger charge is -2.17. The van der Waals surface area contributed by atoms with Gasteiger partial charge in [-0.3, -0.25) is 5.84 Å². The molecule has 0 saturated heterocycles. The van der Waals surface area contributed by atoms with Gasteiger partial charge in [0, 0.05) is 4.88 Å². The maximum absolute atomic E-state index is 13.5. The molecule has 1 atom stereocenters. The van der Waals surface area contributed by atoms with Crippen LogP contribution >= 0.6 is 38.9 Å². The smallest absolute Gasteiger partial charge is 0.137 e. The molecule has 0 bridgehead atoms. The van der Waals surface area contributed by atoms with Gasteiger partial charge in [-0.05, 0) is 39.0 Å². The zero-order chi connectivity index (χ0) is 12.4. The summed E-state index contributed by atoms with van der Waals surface area (Å²) >= 11 is 10.8. The molecular formula is C11H9BrClFN2S. The Labute approximate surface area is 116 Å². The second-order valence-corrected chi connectivity index (χ2v) is 5.52. The highest BCUT2D eigenvalue weighted by Gasteiger charge is 2.20. The van der Waals surface area contributed by atoms with Crippen LogP contribution in [0.2, 0.25) is 5.02 Å². The number of hydrogen-bond donors (Lipinski definition) is 2. The van der Waals surface area contributed by atoms with Gasteiger partial charge in [0.25, 0.3) is 0 Å². The van der Waals surface area contributed by atoms with Crippen molar-refractivity contribution >= 4 is 38.9 Å². The fourth-order valence-corrected chi connectivity index (χ4v) is 3.30. The van der Waals surface area contributed by atoms with Crippen molar-refractivity contribution < 1.29 is 4.39 Å². The molecule has 0 aliphatic carbocycles. The molecule has 0 radical (unpaired) electrons. The first-order valence-electron chi connectivity index (χ1n) is 4.78. The van der Waals surface area contributed by atoms with E-state index < -0.39 is 0 Å². The van der Waals surface area contributed by atoms with Crippen LogP contribution < -0.4 is 11.3 Å². The summed E-state index contributed by atoms with van der Waals surface area (Å²) in [5, 5.41) is 2.49. The van der Waals surface area contributed by atoms with Crippen LogP contribution in [-0.2, 0) is 0 Å². The summed E-state index contributed by atoms with van der Waals surface area (Å²) in [6, 6.07) is 6.29. The van der Waals surface area contributed by atoms with Gasteiger partial charge in [0.15, 0.2) is 0 Å². The zero-order valence-electron chi connectivity index (χ0n) is 8.58. The topological polar surface area (TPSA) is 38.0 Å². The molecule has 0 fully saturated rings. The minimum Gasteiger partial charge on any atom is -0.271 e. The van der Waals surface area contributed by atoms with E-state index in [1.54, 1.807) is 18.2 Å². The maximum Gasteiger partial charge on any atom is 0.137 e. The zero-order valence-corrected chi connectivity index (χ0v) is 11.7. The molecular weight excluding hydrogens is 327 g/mol. The Hall–Kier alpha value is -0.460. The Morgan fingerprint density at radius 2 is 2.18 bits per heavy atom. The predicted molar refractivity (Wildman–Crippen MR) is 72.6 cm³/mol. The Bertz CT molecular complexity index is 532. The van der Waals surface area contributed by atoms with Crippen LogP contribution in [0.25, 0.3) is 0 Å². The van der Waals surface area contributed by atoms with E-state index in [-0.39, 0.29) is 11.9 Å². The van der Waals surface area contributed by atoms with E-state index in [1.165, 1.54) is 17.4 Å². The monoisotopic (exact) mass is 334 g/mol. The van der Waals surface area contributed by atoms with Crippen LogP contribution in [0.4, 0.5) is 4.39 Å². The number of hydrazine groups is 1. The van der Waals surface area contributed by atoms with E-state index in [2.05, 4.69) is 21.4 Å². The molecule has 3 N–H and O–H groups in total. The van der Waals surface area contributed by atoms with Crippen LogP contribution in [0.3, 0.4) is 0 Å². The minimum atomic E-state index is -0.326. The second-order valence-electron chi connectivity index (χ2n) is 3.38. The van der Waals surface area contributed by atoms with Crippen LogP contribution in [0.1, 0.15) is 16.5 Å². The van der Waals surface area contributed by atoms with Crippen LogP contribution in [0.5, 0.6) is 0 Å². The summed E-state index contributed by atoms with van der Waals surface area (Å²) in [6.45, 7) is 0. The van der Waals surface area contributed by atoms with Gasteiger partial charge in [0.2, 0.25) is 0 Å². The van der Waals surface area contributed by atoms with Crippen molar-refractivity contribution in [2.75, 3.05) is 0 Å². The maximum atomic E-state index is 13.5. The van der Waals surface area contributed by atoms with Gasteiger partial charge >= 0.3 is 0 Å². The SMILES string of the molecule is NNC(c1cccc(F)c1Br)c1sccc1Cl. The third-order valence-electron chi connectivity index (χ3n) is 2.37. The first-order chi connectivity index (χ1) is 8.15. The van der Waals surface area contributed by atoms with Crippen molar-refractivity contribution in [3.63, 3.8) is 0 Å². The molecule has 1 aromatic carbocycles. The standard InChI is InChI=1S/C11H9BrClFN2S/c12-9-6(2-1-3-8(9)14)10(16-15)11-7(13)4-5-17-11/h1-5,10,16H,15H2. The van der Waals surface area contributed by atoms with Crippen LogP contribution in [-0.4, -0.2) is 0 Å². The number of halogens is 3. The minimum absolute atomic E-state index is 0.324. The molecule has 0 aliphatic heterocycles. The fraction of sp³-hybridized carbons (Fsp3) is 0.0909. The van der Waals surface area contributed by atoms with Crippen molar-refractivity contribution in [2.45, 2.75) is 6.04 Å². The average Bonchev–Trinajstić information content (AvgIpc) is 2.72. The molecule has 6 heteroatoms. The lowest BCUT2D eigenvalue weighted by Crippen LogP contribution is -2.28. The normalized spacial score (nSPS) is 12.7. The Kier molecular flexibility index (Phi) is 4.17. The van der Waals surface area contributed by atoms with Gasteiger partial charge in [0.05, 0.1) is 15.5 Å². The molecule has 0 spiro atoms. The number of rotatable bonds is 3. The van der Waals surface area contributed by atoms with Crippen LogP contribution in [0, 0.1) is 5.82 Å².